The van der Waals surface area contributed by atoms with Crippen molar-refractivity contribution in [3.05, 3.63) is 23.4 Å². The first-order chi connectivity index (χ1) is 10.1. The predicted octanol–water partition coefficient (Wildman–Crippen LogP) is 2.89. The van der Waals surface area contributed by atoms with E-state index in [-0.39, 0.29) is 5.60 Å². The van der Waals surface area contributed by atoms with E-state index in [0.717, 1.165) is 57.0 Å². The van der Waals surface area contributed by atoms with Crippen molar-refractivity contribution in [2.75, 3.05) is 31.6 Å². The third-order valence-electron chi connectivity index (χ3n) is 4.23. The fourth-order valence-corrected chi connectivity index (χ4v) is 2.96. The van der Waals surface area contributed by atoms with E-state index in [1.807, 2.05) is 7.11 Å². The number of rotatable bonds is 6. The Kier molecular flexibility index (Phi) is 5.59. The highest BCUT2D eigenvalue weighted by Crippen LogP contribution is 2.27. The summed E-state index contributed by atoms with van der Waals surface area (Å²) in [6, 6.07) is 4.39. The SMILES string of the molecule is CCCNCc1cc(C)nc(N2CCCC(C)(OC)C2)c1. The number of piperidine rings is 1. The summed E-state index contributed by atoms with van der Waals surface area (Å²) in [7, 11) is 1.81. The third-order valence-corrected chi connectivity index (χ3v) is 4.23. The van der Waals surface area contributed by atoms with Crippen LogP contribution in [0.4, 0.5) is 5.82 Å². The minimum Gasteiger partial charge on any atom is -0.377 e. The van der Waals surface area contributed by atoms with Gasteiger partial charge in [-0.05, 0) is 57.4 Å². The number of aromatic nitrogens is 1. The number of pyridine rings is 1. The van der Waals surface area contributed by atoms with E-state index in [2.05, 4.69) is 43.1 Å². The van der Waals surface area contributed by atoms with Crippen molar-refractivity contribution in [1.82, 2.24) is 10.3 Å². The lowest BCUT2D eigenvalue weighted by Crippen LogP contribution is -2.47. The van der Waals surface area contributed by atoms with Crippen LogP contribution in [0, 0.1) is 6.92 Å². The molecular weight excluding hydrogens is 262 g/mol. The quantitative estimate of drug-likeness (QED) is 0.818. The van der Waals surface area contributed by atoms with Gasteiger partial charge in [-0.25, -0.2) is 4.98 Å². The molecule has 2 heterocycles. The zero-order valence-corrected chi connectivity index (χ0v) is 13.9. The van der Waals surface area contributed by atoms with E-state index in [1.165, 1.54) is 5.56 Å². The Morgan fingerprint density at radius 3 is 2.95 bits per heavy atom. The summed E-state index contributed by atoms with van der Waals surface area (Å²) in [5, 5.41) is 3.47. The number of nitrogens with one attached hydrogen (secondary N) is 1. The van der Waals surface area contributed by atoms with E-state index in [9.17, 15) is 0 Å². The summed E-state index contributed by atoms with van der Waals surface area (Å²) in [6.07, 6.45) is 3.44. The van der Waals surface area contributed by atoms with Crippen LogP contribution in [0.1, 0.15) is 44.4 Å². The summed E-state index contributed by atoms with van der Waals surface area (Å²) in [5.74, 6) is 1.09. The molecule has 0 saturated carbocycles. The Bertz CT molecular complexity index is 463. The van der Waals surface area contributed by atoms with Crippen LogP contribution in [-0.2, 0) is 11.3 Å². The van der Waals surface area contributed by atoms with Crippen LogP contribution in [0.3, 0.4) is 0 Å². The van der Waals surface area contributed by atoms with Crippen molar-refractivity contribution in [3.63, 3.8) is 0 Å². The van der Waals surface area contributed by atoms with Gasteiger partial charge in [-0.3, -0.25) is 0 Å². The number of aryl methyl sites for hydroxylation is 1. The molecule has 1 aliphatic rings. The van der Waals surface area contributed by atoms with Crippen LogP contribution >= 0.6 is 0 Å². The molecule has 0 spiro atoms. The van der Waals surface area contributed by atoms with Crippen molar-refractivity contribution in [3.8, 4) is 0 Å². The molecule has 21 heavy (non-hydrogen) atoms. The molecule has 1 saturated heterocycles. The Hall–Kier alpha value is -1.13. The van der Waals surface area contributed by atoms with E-state index in [1.54, 1.807) is 0 Å². The van der Waals surface area contributed by atoms with Crippen LogP contribution in [-0.4, -0.2) is 37.3 Å². The van der Waals surface area contributed by atoms with Gasteiger partial charge >= 0.3 is 0 Å². The van der Waals surface area contributed by atoms with Gasteiger partial charge in [-0.2, -0.15) is 0 Å². The fraction of sp³-hybridized carbons (Fsp3) is 0.706. The maximum atomic E-state index is 5.69. The first-order valence-electron chi connectivity index (χ1n) is 8.05. The Labute approximate surface area is 128 Å². The van der Waals surface area contributed by atoms with Crippen molar-refractivity contribution in [2.24, 2.45) is 0 Å². The number of anilines is 1. The first kappa shape index (κ1) is 16.2. The molecule has 1 aliphatic heterocycles. The highest BCUT2D eigenvalue weighted by Gasteiger charge is 2.31. The molecule has 0 radical (unpaired) electrons. The van der Waals surface area contributed by atoms with E-state index >= 15 is 0 Å². The summed E-state index contributed by atoms with van der Waals surface area (Å²) in [5.41, 5.74) is 2.35. The van der Waals surface area contributed by atoms with Crippen LogP contribution in [0.2, 0.25) is 0 Å². The van der Waals surface area contributed by atoms with Gasteiger partial charge in [0, 0.05) is 32.4 Å². The molecule has 1 aromatic heterocycles. The summed E-state index contributed by atoms with van der Waals surface area (Å²) < 4.78 is 5.69. The number of hydrogen-bond acceptors (Lipinski definition) is 4. The number of methoxy groups -OCH3 is 1. The Morgan fingerprint density at radius 2 is 2.24 bits per heavy atom. The van der Waals surface area contributed by atoms with E-state index in [0.29, 0.717) is 0 Å². The predicted molar refractivity (Wildman–Crippen MR) is 87.8 cm³/mol. The van der Waals surface area contributed by atoms with Crippen molar-refractivity contribution in [2.45, 2.75) is 52.2 Å². The van der Waals surface area contributed by atoms with Crippen LogP contribution in [0.5, 0.6) is 0 Å². The van der Waals surface area contributed by atoms with Gasteiger partial charge in [0.25, 0.3) is 0 Å². The first-order valence-corrected chi connectivity index (χ1v) is 8.05. The molecule has 4 nitrogen and oxygen atoms in total. The minimum atomic E-state index is -0.0513. The third kappa shape index (κ3) is 4.42. The minimum absolute atomic E-state index is 0.0513. The second-order valence-electron chi connectivity index (χ2n) is 6.33. The maximum absolute atomic E-state index is 5.69. The summed E-state index contributed by atoms with van der Waals surface area (Å²) >= 11 is 0. The van der Waals surface area contributed by atoms with Crippen LogP contribution in [0.25, 0.3) is 0 Å². The number of ether oxygens (including phenoxy) is 1. The van der Waals surface area contributed by atoms with Gasteiger partial charge in [0.05, 0.1) is 5.60 Å². The molecule has 1 atom stereocenters. The molecule has 1 aromatic rings. The van der Waals surface area contributed by atoms with Crippen LogP contribution in [0.15, 0.2) is 12.1 Å². The molecule has 1 fully saturated rings. The van der Waals surface area contributed by atoms with Gasteiger partial charge < -0.3 is 15.0 Å². The largest absolute Gasteiger partial charge is 0.377 e. The lowest BCUT2D eigenvalue weighted by atomic mass is 9.94. The standard InChI is InChI=1S/C17H29N3O/c1-5-8-18-12-15-10-14(2)19-16(11-15)20-9-6-7-17(3,13-20)21-4/h10-11,18H,5-9,12-13H2,1-4H3. The maximum Gasteiger partial charge on any atom is 0.129 e. The van der Waals surface area contributed by atoms with Gasteiger partial charge in [-0.1, -0.05) is 6.92 Å². The van der Waals surface area contributed by atoms with E-state index < -0.39 is 0 Å². The van der Waals surface area contributed by atoms with Crippen molar-refractivity contribution >= 4 is 5.82 Å². The molecule has 118 valence electrons. The highest BCUT2D eigenvalue weighted by atomic mass is 16.5. The number of nitrogens with zero attached hydrogens (tertiary/aromatic N) is 2. The molecule has 1 N–H and O–H groups in total. The molecule has 4 heteroatoms. The van der Waals surface area contributed by atoms with Gasteiger partial charge in [0.2, 0.25) is 0 Å². The summed E-state index contributed by atoms with van der Waals surface area (Å²) in [6.45, 7) is 10.4. The summed E-state index contributed by atoms with van der Waals surface area (Å²) in [4.78, 5) is 7.09. The molecule has 0 amide bonds. The topological polar surface area (TPSA) is 37.4 Å². The average Bonchev–Trinajstić information content (AvgIpc) is 2.47. The van der Waals surface area contributed by atoms with Crippen molar-refractivity contribution in [1.29, 1.82) is 0 Å². The lowest BCUT2D eigenvalue weighted by Gasteiger charge is -2.40. The Morgan fingerprint density at radius 1 is 1.43 bits per heavy atom. The molecule has 0 aromatic carbocycles. The number of hydrogen-bond donors (Lipinski definition) is 1. The average molecular weight is 291 g/mol. The molecule has 0 bridgehead atoms. The van der Waals surface area contributed by atoms with E-state index in [4.69, 9.17) is 9.72 Å². The molecule has 1 unspecified atom stereocenters. The van der Waals surface area contributed by atoms with Gasteiger partial charge in [0.15, 0.2) is 0 Å². The second kappa shape index (κ2) is 7.23. The molecular formula is C17H29N3O. The smallest absolute Gasteiger partial charge is 0.129 e. The van der Waals surface area contributed by atoms with Crippen molar-refractivity contribution < 1.29 is 4.74 Å². The molecule has 2 rings (SSSR count). The van der Waals surface area contributed by atoms with Crippen LogP contribution < -0.4 is 10.2 Å². The highest BCUT2D eigenvalue weighted by molar-refractivity contribution is 5.43. The Balaban J connectivity index is 2.11. The normalized spacial score (nSPS) is 22.6. The van der Waals surface area contributed by atoms with Gasteiger partial charge in [0.1, 0.15) is 5.82 Å². The lowest BCUT2D eigenvalue weighted by molar-refractivity contribution is -0.00482. The fourth-order valence-electron chi connectivity index (χ4n) is 2.96. The zero-order chi connectivity index (χ0) is 15.3. The molecule has 0 aliphatic carbocycles. The van der Waals surface area contributed by atoms with Gasteiger partial charge in [-0.15, -0.1) is 0 Å². The zero-order valence-electron chi connectivity index (χ0n) is 13.9. The second-order valence-corrected chi connectivity index (χ2v) is 6.33. The monoisotopic (exact) mass is 291 g/mol.